The van der Waals surface area contributed by atoms with E-state index >= 15 is 0 Å². The van der Waals surface area contributed by atoms with Gasteiger partial charge in [0, 0.05) is 38.7 Å². The van der Waals surface area contributed by atoms with E-state index in [2.05, 4.69) is 76.0 Å². The smallest absolute Gasteiger partial charge is 0.129 e. The Morgan fingerprint density at radius 3 is 1.89 bits per heavy atom. The van der Waals surface area contributed by atoms with Crippen LogP contribution < -0.4 is 5.73 Å². The van der Waals surface area contributed by atoms with Crippen molar-refractivity contribution < 1.29 is 9.53 Å². The summed E-state index contributed by atoms with van der Waals surface area (Å²) in [6.07, 6.45) is 4.77. The van der Waals surface area contributed by atoms with Gasteiger partial charge in [0.15, 0.2) is 0 Å². The second-order valence-electron chi connectivity index (χ2n) is 9.52. The lowest BCUT2D eigenvalue weighted by atomic mass is 9.88. The lowest BCUT2D eigenvalue weighted by molar-refractivity contribution is -0.117. The van der Waals surface area contributed by atoms with Gasteiger partial charge in [-0.3, -0.25) is 9.58 Å². The van der Waals surface area contributed by atoms with Crippen LogP contribution in [0.4, 0.5) is 0 Å². The van der Waals surface area contributed by atoms with E-state index in [1.54, 1.807) is 6.92 Å². The molecule has 1 aliphatic heterocycles. The fourth-order valence-electron chi connectivity index (χ4n) is 2.84. The average molecular weight is 525 g/mol. The number of aryl methyl sites for hydroxylation is 2. The highest BCUT2D eigenvalue weighted by Crippen LogP contribution is 2.23. The number of carbonyl (C=O) groups excluding carboxylic acids is 1. The molecule has 2 heterocycles. The number of hydrogen-bond acceptors (Lipinski definition) is 5. The Morgan fingerprint density at radius 2 is 1.59 bits per heavy atom. The van der Waals surface area contributed by atoms with Crippen molar-refractivity contribution in [2.75, 3.05) is 39.9 Å². The first kappa shape index (κ1) is 42.3. The fourth-order valence-corrected chi connectivity index (χ4v) is 2.84. The van der Waals surface area contributed by atoms with Crippen LogP contribution in [-0.4, -0.2) is 60.4 Å². The summed E-state index contributed by atoms with van der Waals surface area (Å²) in [5.41, 5.74) is 9.79. The van der Waals surface area contributed by atoms with Crippen LogP contribution in [-0.2, 0) is 23.0 Å². The third-order valence-electron chi connectivity index (χ3n) is 5.37. The highest BCUT2D eigenvalue weighted by Gasteiger charge is 2.10. The van der Waals surface area contributed by atoms with Gasteiger partial charge in [0.1, 0.15) is 5.78 Å². The number of ketones is 1. The van der Waals surface area contributed by atoms with E-state index in [-0.39, 0.29) is 0 Å². The average Bonchev–Trinajstić information content (AvgIpc) is 3.18. The number of rotatable bonds is 6. The van der Waals surface area contributed by atoms with E-state index in [0.29, 0.717) is 11.2 Å². The van der Waals surface area contributed by atoms with Crippen LogP contribution in [0.15, 0.2) is 29.9 Å². The van der Waals surface area contributed by atoms with Crippen molar-refractivity contribution >= 4 is 5.78 Å². The lowest BCUT2D eigenvalue weighted by Gasteiger charge is -2.26. The van der Waals surface area contributed by atoms with Crippen LogP contribution in [0.25, 0.3) is 0 Å². The molecule has 220 valence electrons. The Morgan fingerprint density at radius 1 is 1.11 bits per heavy atom. The molecule has 1 aromatic rings. The minimum atomic E-state index is 0.295. The summed E-state index contributed by atoms with van der Waals surface area (Å²) in [5.74, 6) is 0.295. The third kappa shape index (κ3) is 27.1. The summed E-state index contributed by atoms with van der Waals surface area (Å²) < 4.78 is 7.11. The van der Waals surface area contributed by atoms with Crippen LogP contribution >= 0.6 is 0 Å². The highest BCUT2D eigenvalue weighted by molar-refractivity contribution is 5.75. The molecule has 1 aliphatic rings. The molecule has 2 N–H and O–H groups in total. The number of nitrogens with zero attached hydrogens (tertiary/aromatic N) is 3. The molecule has 0 saturated carbocycles. The predicted molar refractivity (Wildman–Crippen MR) is 165 cm³/mol. The van der Waals surface area contributed by atoms with Gasteiger partial charge in [-0.05, 0) is 66.1 Å². The summed E-state index contributed by atoms with van der Waals surface area (Å²) >= 11 is 0. The van der Waals surface area contributed by atoms with Crippen LogP contribution in [0, 0.1) is 12.3 Å². The molecular formula is C31H64N4O2. The topological polar surface area (TPSA) is 73.4 Å². The van der Waals surface area contributed by atoms with Crippen LogP contribution in [0.2, 0.25) is 0 Å². The van der Waals surface area contributed by atoms with Gasteiger partial charge in [-0.2, -0.15) is 5.10 Å². The number of carbonyl (C=O) groups is 1. The normalized spacial score (nSPS) is 12.9. The molecule has 0 spiro atoms. The van der Waals surface area contributed by atoms with E-state index in [0.717, 1.165) is 63.4 Å². The van der Waals surface area contributed by atoms with Crippen molar-refractivity contribution in [1.82, 2.24) is 14.7 Å². The number of ether oxygens (including phenoxy) is 1. The van der Waals surface area contributed by atoms with Gasteiger partial charge in [0.25, 0.3) is 0 Å². The number of Topliss-reactive ketones (excluding diaryl/α,β-unsaturated/α-hetero) is 1. The summed E-state index contributed by atoms with van der Waals surface area (Å²) in [5, 5.41) is 4.31. The van der Waals surface area contributed by atoms with Crippen molar-refractivity contribution in [2.45, 2.75) is 102 Å². The molecule has 6 heteroatoms. The summed E-state index contributed by atoms with van der Waals surface area (Å²) in [7, 11) is 3.46. The van der Waals surface area contributed by atoms with E-state index in [1.807, 2.05) is 46.3 Å². The SMILES string of the molecule is C/C=C(\C)C(C)(C)C.C=C(C)Cc1cc(C)n(C)n1.CC.CC.CC(=O)CCCN1CCOCC1.CN. The molecule has 1 aromatic heterocycles. The molecule has 2 rings (SSSR count). The molecular weight excluding hydrogens is 460 g/mol. The zero-order valence-corrected chi connectivity index (χ0v) is 27.3. The molecule has 1 saturated heterocycles. The minimum absolute atomic E-state index is 0.295. The van der Waals surface area contributed by atoms with Crippen molar-refractivity contribution in [1.29, 1.82) is 0 Å². The Balaban J connectivity index is -0.000000203. The second kappa shape index (κ2) is 27.3. The van der Waals surface area contributed by atoms with Gasteiger partial charge in [0.05, 0.1) is 18.9 Å². The lowest BCUT2D eigenvalue weighted by Crippen LogP contribution is -2.36. The van der Waals surface area contributed by atoms with Gasteiger partial charge in [0.2, 0.25) is 0 Å². The van der Waals surface area contributed by atoms with E-state index in [4.69, 9.17) is 4.74 Å². The van der Waals surface area contributed by atoms with Crippen LogP contribution in [0.5, 0.6) is 0 Å². The van der Waals surface area contributed by atoms with E-state index in [9.17, 15) is 4.79 Å². The molecule has 6 nitrogen and oxygen atoms in total. The number of allylic oxidation sites excluding steroid dienone is 3. The summed E-state index contributed by atoms with van der Waals surface area (Å²) in [6.45, 7) is 33.3. The van der Waals surface area contributed by atoms with Gasteiger partial charge in [-0.15, -0.1) is 0 Å². The Kier molecular flexibility index (Phi) is 31.2. The van der Waals surface area contributed by atoms with Gasteiger partial charge in [-0.1, -0.05) is 72.3 Å². The largest absolute Gasteiger partial charge is 0.379 e. The number of aromatic nitrogens is 2. The van der Waals surface area contributed by atoms with Crippen molar-refractivity contribution in [3.8, 4) is 0 Å². The van der Waals surface area contributed by atoms with E-state index in [1.165, 1.54) is 18.3 Å². The monoisotopic (exact) mass is 525 g/mol. The zero-order chi connectivity index (χ0) is 30.0. The predicted octanol–water partition coefficient (Wildman–Crippen LogP) is 7.16. The maximum absolute atomic E-state index is 10.6. The van der Waals surface area contributed by atoms with E-state index < -0.39 is 0 Å². The molecule has 0 bridgehead atoms. The maximum Gasteiger partial charge on any atom is 0.129 e. The highest BCUT2D eigenvalue weighted by atomic mass is 16.5. The number of morpholine rings is 1. The van der Waals surface area contributed by atoms with Gasteiger partial charge in [-0.25, -0.2) is 0 Å². The summed E-state index contributed by atoms with van der Waals surface area (Å²) in [6, 6.07) is 2.09. The Labute approximate surface area is 231 Å². The van der Waals surface area contributed by atoms with Crippen molar-refractivity contribution in [2.24, 2.45) is 18.2 Å². The third-order valence-corrected chi connectivity index (χ3v) is 5.37. The number of hydrogen-bond donors (Lipinski definition) is 1. The van der Waals surface area contributed by atoms with Crippen molar-refractivity contribution in [3.63, 3.8) is 0 Å². The first-order chi connectivity index (χ1) is 17.4. The molecule has 37 heavy (non-hydrogen) atoms. The molecule has 0 amide bonds. The number of nitrogens with two attached hydrogens (primary N) is 1. The molecule has 0 aliphatic carbocycles. The second-order valence-corrected chi connectivity index (χ2v) is 9.52. The molecule has 0 unspecified atom stereocenters. The zero-order valence-electron chi connectivity index (χ0n) is 27.3. The first-order valence-corrected chi connectivity index (χ1v) is 14.0. The van der Waals surface area contributed by atoms with Gasteiger partial charge < -0.3 is 15.3 Å². The molecule has 0 radical (unpaired) electrons. The van der Waals surface area contributed by atoms with Crippen LogP contribution in [0.1, 0.15) is 100 Å². The van der Waals surface area contributed by atoms with Gasteiger partial charge >= 0.3 is 0 Å². The quantitative estimate of drug-likeness (QED) is 0.400. The van der Waals surface area contributed by atoms with Crippen molar-refractivity contribution in [3.05, 3.63) is 41.3 Å². The Bertz CT molecular complexity index is 675. The van der Waals surface area contributed by atoms with Crippen LogP contribution in [0.3, 0.4) is 0 Å². The standard InChI is InChI=1S/C9H14N2.C9H17NO2.C8H16.2C2H6.CH5N/c1-7(2)5-9-6-8(3)11(4)10-9;1-9(11)3-2-4-10-5-7-12-8-6-10;1-6-7(2)8(3,4)5;3*1-2/h6H,1,5H2,2-4H3;2-8H2,1H3;6H,1-5H3;2*1-2H3;2H2,1H3/b;;7-6+;;;. The molecule has 0 aromatic carbocycles. The minimum Gasteiger partial charge on any atom is -0.379 e. The summed E-state index contributed by atoms with van der Waals surface area (Å²) in [4.78, 5) is 13.0. The fraction of sp³-hybridized carbons (Fsp3) is 0.742. The molecule has 0 atom stereocenters. The maximum atomic E-state index is 10.6. The Hall–Kier alpha value is -1.76. The first-order valence-electron chi connectivity index (χ1n) is 14.0. The molecule has 1 fully saturated rings.